The van der Waals surface area contributed by atoms with Crippen molar-refractivity contribution in [1.29, 1.82) is 0 Å². The molecule has 0 radical (unpaired) electrons. The third kappa shape index (κ3) is 1.69. The summed E-state index contributed by atoms with van der Waals surface area (Å²) < 4.78 is 0. The number of fused-ring (bicyclic) bond motifs is 1. The summed E-state index contributed by atoms with van der Waals surface area (Å²) in [4.78, 5) is 1.45. The molecule has 0 N–H and O–H groups in total. The molecule has 0 fully saturated rings. The van der Waals surface area contributed by atoms with Crippen LogP contribution in [-0.2, 0) is 0 Å². The molecule has 0 saturated heterocycles. The van der Waals surface area contributed by atoms with Gasteiger partial charge in [0.1, 0.15) is 0 Å². The summed E-state index contributed by atoms with van der Waals surface area (Å²) in [6.07, 6.45) is 4.63. The van der Waals surface area contributed by atoms with Gasteiger partial charge in [0, 0.05) is 10.2 Å². The molecule has 0 bridgehead atoms. The van der Waals surface area contributed by atoms with Crippen LogP contribution in [0.2, 0.25) is 0 Å². The molecule has 0 amide bonds. The van der Waals surface area contributed by atoms with Crippen LogP contribution < -0.4 is 0 Å². The third-order valence-electron chi connectivity index (χ3n) is 3.43. The van der Waals surface area contributed by atoms with E-state index < -0.39 is 0 Å². The molecule has 0 spiro atoms. The van der Waals surface area contributed by atoms with E-state index >= 15 is 0 Å². The zero-order valence-electron chi connectivity index (χ0n) is 10.4. The highest BCUT2D eigenvalue weighted by Gasteiger charge is 2.29. The van der Waals surface area contributed by atoms with Gasteiger partial charge >= 0.3 is 0 Å². The van der Waals surface area contributed by atoms with Gasteiger partial charge in [-0.25, -0.2) is 0 Å². The molecule has 1 atom stereocenters. The van der Waals surface area contributed by atoms with Gasteiger partial charge in [-0.2, -0.15) is 0 Å². The van der Waals surface area contributed by atoms with Gasteiger partial charge in [-0.3, -0.25) is 0 Å². The Kier molecular flexibility index (Phi) is 2.52. The van der Waals surface area contributed by atoms with E-state index in [1.165, 1.54) is 32.8 Å². The van der Waals surface area contributed by atoms with Gasteiger partial charge in [-0.1, -0.05) is 30.3 Å². The van der Waals surface area contributed by atoms with Crippen molar-refractivity contribution in [3.8, 4) is 0 Å². The fourth-order valence-corrected chi connectivity index (χ4v) is 3.94. The first kappa shape index (κ1) is 10.9. The lowest BCUT2D eigenvalue weighted by Gasteiger charge is -2.12. The van der Waals surface area contributed by atoms with Crippen LogP contribution >= 0.6 is 11.8 Å². The summed E-state index contributed by atoms with van der Waals surface area (Å²) in [5.74, 6) is 0. The minimum Gasteiger partial charge on any atom is -0.118 e. The third-order valence-corrected chi connectivity index (χ3v) is 4.61. The summed E-state index contributed by atoms with van der Waals surface area (Å²) >= 11 is 1.99. The van der Waals surface area contributed by atoms with Gasteiger partial charge in [0.25, 0.3) is 0 Å². The molecule has 86 valence electrons. The van der Waals surface area contributed by atoms with Crippen molar-refractivity contribution in [2.75, 3.05) is 0 Å². The molecule has 1 heteroatoms. The molecular weight excluding hydrogens is 224 g/mol. The molecule has 1 unspecified atom stereocenters. The average molecular weight is 240 g/mol. The summed E-state index contributed by atoms with van der Waals surface area (Å²) in [6.45, 7) is 6.69. The molecule has 0 nitrogen and oxygen atoms in total. The molecule has 2 aliphatic rings. The Morgan fingerprint density at radius 2 is 1.82 bits per heavy atom. The van der Waals surface area contributed by atoms with Gasteiger partial charge in [0.05, 0.1) is 0 Å². The van der Waals surface area contributed by atoms with E-state index in [4.69, 9.17) is 0 Å². The Morgan fingerprint density at radius 1 is 1.06 bits per heavy atom. The van der Waals surface area contributed by atoms with Crippen LogP contribution in [0.5, 0.6) is 0 Å². The number of thioether (sulfide) groups is 1. The molecule has 0 aromatic heterocycles. The average Bonchev–Trinajstić information content (AvgIpc) is 2.75. The number of aryl methyl sites for hydroxylation is 1. The van der Waals surface area contributed by atoms with Crippen LogP contribution in [0.15, 0.2) is 52.5 Å². The largest absolute Gasteiger partial charge is 0.118 e. The summed E-state index contributed by atoms with van der Waals surface area (Å²) in [6, 6.07) is 8.70. The van der Waals surface area contributed by atoms with E-state index in [-0.39, 0.29) is 0 Å². The van der Waals surface area contributed by atoms with E-state index in [1.807, 2.05) is 11.8 Å². The first-order valence-electron chi connectivity index (χ1n) is 6.04. The van der Waals surface area contributed by atoms with E-state index in [9.17, 15) is 0 Å². The van der Waals surface area contributed by atoms with E-state index in [0.717, 1.165) is 0 Å². The lowest BCUT2D eigenvalue weighted by molar-refractivity contribution is 1.25. The van der Waals surface area contributed by atoms with Crippen LogP contribution in [0.4, 0.5) is 0 Å². The van der Waals surface area contributed by atoms with Crippen molar-refractivity contribution >= 4 is 17.3 Å². The highest BCUT2D eigenvalue weighted by atomic mass is 32.2. The van der Waals surface area contributed by atoms with Gasteiger partial charge in [0.15, 0.2) is 0 Å². The summed E-state index contributed by atoms with van der Waals surface area (Å²) in [7, 11) is 0. The summed E-state index contributed by atoms with van der Waals surface area (Å²) in [5.41, 5.74) is 7.13. The Morgan fingerprint density at radius 3 is 2.59 bits per heavy atom. The molecular formula is C16H16S. The molecule has 1 aliphatic heterocycles. The molecule has 1 aromatic carbocycles. The van der Waals surface area contributed by atoms with Crippen LogP contribution in [-0.4, -0.2) is 5.25 Å². The molecule has 3 rings (SSSR count). The predicted octanol–water partition coefficient (Wildman–Crippen LogP) is 4.73. The standard InChI is InChI=1S/C16H16S/c1-10-8-14-15(9-10)17-12(3)16(14)13-7-5-4-6-11(13)2/h4-9,12H,1-3H3. The van der Waals surface area contributed by atoms with Gasteiger partial charge < -0.3 is 0 Å². The Bertz CT molecular complexity index is 573. The molecule has 1 aromatic rings. The number of rotatable bonds is 1. The van der Waals surface area contributed by atoms with Crippen LogP contribution in [0.1, 0.15) is 25.0 Å². The monoisotopic (exact) mass is 240 g/mol. The smallest absolute Gasteiger partial charge is 0.0328 e. The minimum atomic E-state index is 0.571. The van der Waals surface area contributed by atoms with Gasteiger partial charge in [-0.15, -0.1) is 11.8 Å². The van der Waals surface area contributed by atoms with Crippen LogP contribution in [0.3, 0.4) is 0 Å². The SMILES string of the molecule is CC1=CC2=C(c3ccccc3C)C(C)SC2=C1. The first-order valence-corrected chi connectivity index (χ1v) is 6.92. The second-order valence-corrected chi connectivity index (χ2v) is 6.18. The molecule has 1 heterocycles. The molecule has 17 heavy (non-hydrogen) atoms. The maximum Gasteiger partial charge on any atom is 0.0328 e. The normalized spacial score (nSPS) is 22.6. The fraction of sp³-hybridized carbons (Fsp3) is 0.250. The van der Waals surface area contributed by atoms with Gasteiger partial charge in [0.2, 0.25) is 0 Å². The van der Waals surface area contributed by atoms with E-state index in [0.29, 0.717) is 5.25 Å². The van der Waals surface area contributed by atoms with Crippen molar-refractivity contribution in [3.05, 3.63) is 63.6 Å². The van der Waals surface area contributed by atoms with Crippen molar-refractivity contribution in [2.24, 2.45) is 0 Å². The maximum absolute atomic E-state index is 2.33. The second kappa shape index (κ2) is 3.92. The predicted molar refractivity (Wildman–Crippen MR) is 77.0 cm³/mol. The number of hydrogen-bond donors (Lipinski definition) is 0. The maximum atomic E-state index is 2.33. The van der Waals surface area contributed by atoms with Crippen molar-refractivity contribution in [3.63, 3.8) is 0 Å². The number of benzene rings is 1. The Balaban J connectivity index is 2.21. The quantitative estimate of drug-likeness (QED) is 0.684. The van der Waals surface area contributed by atoms with Gasteiger partial charge in [-0.05, 0) is 54.7 Å². The highest BCUT2D eigenvalue weighted by Crippen LogP contribution is 2.50. The van der Waals surface area contributed by atoms with Crippen LogP contribution in [0, 0.1) is 6.92 Å². The van der Waals surface area contributed by atoms with E-state index in [1.54, 1.807) is 0 Å². The molecule has 1 aliphatic carbocycles. The van der Waals surface area contributed by atoms with Crippen molar-refractivity contribution in [2.45, 2.75) is 26.0 Å². The Labute approximate surface area is 107 Å². The highest BCUT2D eigenvalue weighted by molar-refractivity contribution is 8.04. The number of hydrogen-bond acceptors (Lipinski definition) is 1. The van der Waals surface area contributed by atoms with Crippen LogP contribution in [0.25, 0.3) is 5.57 Å². The lowest BCUT2D eigenvalue weighted by Crippen LogP contribution is -1.98. The zero-order valence-corrected chi connectivity index (χ0v) is 11.3. The Hall–Kier alpha value is -1.21. The zero-order chi connectivity index (χ0) is 12.0. The topological polar surface area (TPSA) is 0 Å². The van der Waals surface area contributed by atoms with Crippen molar-refractivity contribution < 1.29 is 0 Å². The minimum absolute atomic E-state index is 0.571. The first-order chi connectivity index (χ1) is 8.16. The molecule has 0 saturated carbocycles. The lowest BCUT2D eigenvalue weighted by atomic mass is 9.94. The summed E-state index contributed by atoms with van der Waals surface area (Å²) in [5, 5.41) is 0.571. The number of allylic oxidation sites excluding steroid dienone is 4. The van der Waals surface area contributed by atoms with Crippen molar-refractivity contribution in [1.82, 2.24) is 0 Å². The second-order valence-electron chi connectivity index (χ2n) is 4.80. The fourth-order valence-electron chi connectivity index (χ4n) is 2.64. The van der Waals surface area contributed by atoms with E-state index in [2.05, 4.69) is 57.2 Å².